The van der Waals surface area contributed by atoms with Gasteiger partial charge in [-0.15, -0.1) is 0 Å². The number of hydrogen-bond donors (Lipinski definition) is 2. The van der Waals surface area contributed by atoms with Crippen LogP contribution in [0.4, 0.5) is 5.69 Å². The first-order chi connectivity index (χ1) is 14.8. The molecule has 31 heavy (non-hydrogen) atoms. The number of carbonyl (C=O) groups excluding carboxylic acids is 2. The average molecular weight is 447 g/mol. The van der Waals surface area contributed by atoms with Gasteiger partial charge in [-0.2, -0.15) is 0 Å². The lowest BCUT2D eigenvalue weighted by Gasteiger charge is -2.15. The van der Waals surface area contributed by atoms with E-state index < -0.39 is 21.3 Å². The molecule has 2 aromatic rings. The van der Waals surface area contributed by atoms with Crippen LogP contribution in [0.1, 0.15) is 42.6 Å². The Bertz CT molecular complexity index is 1080. The monoisotopic (exact) mass is 446 g/mol. The minimum absolute atomic E-state index is 0.107. The van der Waals surface area contributed by atoms with Gasteiger partial charge in [0, 0.05) is 17.8 Å². The third-order valence-corrected chi connectivity index (χ3v) is 6.73. The molecule has 2 aromatic carbocycles. The Hall–Kier alpha value is -2.91. The smallest absolute Gasteiger partial charge is 0.316 e. The number of ether oxygens (including phenoxy) is 2. The van der Waals surface area contributed by atoms with Crippen molar-refractivity contribution in [2.45, 2.75) is 37.0 Å². The summed E-state index contributed by atoms with van der Waals surface area (Å²) in [7, 11) is -2.44. The molecule has 0 atom stereocenters. The second kappa shape index (κ2) is 9.07. The van der Waals surface area contributed by atoms with Crippen LogP contribution in [0.15, 0.2) is 47.4 Å². The number of amides is 1. The maximum atomic E-state index is 12.7. The van der Waals surface area contributed by atoms with Crippen molar-refractivity contribution < 1.29 is 27.5 Å². The minimum atomic E-state index is -3.81. The fraction of sp³-hybridized carbons (Fsp3) is 0.364. The molecule has 0 aromatic heterocycles. The van der Waals surface area contributed by atoms with E-state index in [1.165, 1.54) is 25.3 Å². The van der Waals surface area contributed by atoms with Crippen molar-refractivity contribution in [1.29, 1.82) is 0 Å². The zero-order valence-corrected chi connectivity index (χ0v) is 18.5. The summed E-state index contributed by atoms with van der Waals surface area (Å²) in [6.07, 6.45) is 1.48. The summed E-state index contributed by atoms with van der Waals surface area (Å²) >= 11 is 0. The number of carbonyl (C=O) groups is 2. The molecule has 0 radical (unpaired) electrons. The first-order valence-corrected chi connectivity index (χ1v) is 11.5. The summed E-state index contributed by atoms with van der Waals surface area (Å²) in [5, 5.41) is 2.75. The van der Waals surface area contributed by atoms with Crippen molar-refractivity contribution in [3.63, 3.8) is 0 Å². The van der Waals surface area contributed by atoms with E-state index in [9.17, 15) is 18.0 Å². The summed E-state index contributed by atoms with van der Waals surface area (Å²) in [4.78, 5) is 24.8. The molecule has 1 amide bonds. The Labute approximate surface area is 182 Å². The van der Waals surface area contributed by atoms with Crippen LogP contribution in [0.25, 0.3) is 0 Å². The molecule has 8 nitrogen and oxygen atoms in total. The zero-order chi connectivity index (χ0) is 22.6. The Kier molecular flexibility index (Phi) is 6.66. The van der Waals surface area contributed by atoms with Crippen molar-refractivity contribution in [2.75, 3.05) is 25.6 Å². The van der Waals surface area contributed by atoms with Gasteiger partial charge in [0.05, 0.1) is 19.1 Å². The molecule has 0 aliphatic heterocycles. The van der Waals surface area contributed by atoms with E-state index in [1.807, 2.05) is 0 Å². The van der Waals surface area contributed by atoms with E-state index in [0.717, 1.165) is 18.4 Å². The molecule has 3 rings (SSSR count). The SMILES string of the molecule is CCNS(=O)(=O)c1cc(C(=O)Nc2ccc(C3(C(=O)OCC)CC3)cc2)ccc1OC. The first-order valence-electron chi connectivity index (χ1n) is 10.0. The van der Waals surface area contributed by atoms with Crippen molar-refractivity contribution in [2.24, 2.45) is 0 Å². The molecule has 0 bridgehead atoms. The highest BCUT2D eigenvalue weighted by molar-refractivity contribution is 7.89. The van der Waals surface area contributed by atoms with Crippen molar-refractivity contribution in [1.82, 2.24) is 4.72 Å². The van der Waals surface area contributed by atoms with Gasteiger partial charge in [0.15, 0.2) is 0 Å². The molecular formula is C22H26N2O6S. The summed E-state index contributed by atoms with van der Waals surface area (Å²) < 4.78 is 37.6. The van der Waals surface area contributed by atoms with Gasteiger partial charge in [-0.3, -0.25) is 9.59 Å². The van der Waals surface area contributed by atoms with Gasteiger partial charge < -0.3 is 14.8 Å². The fourth-order valence-corrected chi connectivity index (χ4v) is 4.61. The number of methoxy groups -OCH3 is 1. The Morgan fingerprint density at radius 1 is 1.06 bits per heavy atom. The largest absolute Gasteiger partial charge is 0.495 e. The molecule has 2 N–H and O–H groups in total. The molecule has 1 saturated carbocycles. The van der Waals surface area contributed by atoms with Crippen LogP contribution in [-0.2, 0) is 25.0 Å². The van der Waals surface area contributed by atoms with E-state index in [2.05, 4.69) is 10.0 Å². The van der Waals surface area contributed by atoms with Crippen molar-refractivity contribution in [3.05, 3.63) is 53.6 Å². The van der Waals surface area contributed by atoms with Crippen LogP contribution in [-0.4, -0.2) is 40.6 Å². The molecule has 9 heteroatoms. The minimum Gasteiger partial charge on any atom is -0.495 e. The Morgan fingerprint density at radius 3 is 2.29 bits per heavy atom. The highest BCUT2D eigenvalue weighted by atomic mass is 32.2. The predicted molar refractivity (Wildman–Crippen MR) is 116 cm³/mol. The lowest BCUT2D eigenvalue weighted by Crippen LogP contribution is -2.24. The first kappa shape index (κ1) is 22.8. The predicted octanol–water partition coefficient (Wildman–Crippen LogP) is 2.84. The molecule has 0 unspecified atom stereocenters. The van der Waals surface area contributed by atoms with E-state index in [4.69, 9.17) is 9.47 Å². The van der Waals surface area contributed by atoms with E-state index in [0.29, 0.717) is 12.3 Å². The quantitative estimate of drug-likeness (QED) is 0.573. The van der Waals surface area contributed by atoms with Gasteiger partial charge in [0.1, 0.15) is 10.6 Å². The van der Waals surface area contributed by atoms with Crippen LogP contribution in [0.3, 0.4) is 0 Å². The Morgan fingerprint density at radius 2 is 1.74 bits per heavy atom. The number of nitrogens with one attached hydrogen (secondary N) is 2. The zero-order valence-electron chi connectivity index (χ0n) is 17.7. The number of rotatable bonds is 9. The van der Waals surface area contributed by atoms with Crippen LogP contribution >= 0.6 is 0 Å². The van der Waals surface area contributed by atoms with Crippen LogP contribution in [0, 0.1) is 0 Å². The summed E-state index contributed by atoms with van der Waals surface area (Å²) in [5.74, 6) is -0.537. The van der Waals surface area contributed by atoms with Crippen LogP contribution in [0.2, 0.25) is 0 Å². The second-order valence-corrected chi connectivity index (χ2v) is 8.94. The van der Waals surface area contributed by atoms with Gasteiger partial charge in [0.2, 0.25) is 10.0 Å². The molecule has 166 valence electrons. The Balaban J connectivity index is 1.78. The number of esters is 1. The highest BCUT2D eigenvalue weighted by Gasteiger charge is 2.52. The second-order valence-electron chi connectivity index (χ2n) is 7.20. The van der Waals surface area contributed by atoms with Gasteiger partial charge in [-0.05, 0) is 55.7 Å². The van der Waals surface area contributed by atoms with E-state index in [-0.39, 0.29) is 28.7 Å². The van der Waals surface area contributed by atoms with E-state index >= 15 is 0 Å². The molecule has 0 spiro atoms. The molecule has 1 fully saturated rings. The van der Waals surface area contributed by atoms with Gasteiger partial charge in [0.25, 0.3) is 5.91 Å². The van der Waals surface area contributed by atoms with Gasteiger partial charge in [-0.1, -0.05) is 19.1 Å². The fourth-order valence-electron chi connectivity index (χ4n) is 3.38. The molecule has 1 aliphatic carbocycles. The third-order valence-electron chi connectivity index (χ3n) is 5.16. The lowest BCUT2D eigenvalue weighted by atomic mass is 9.96. The molecule has 1 aliphatic rings. The molecule has 0 heterocycles. The van der Waals surface area contributed by atoms with Gasteiger partial charge >= 0.3 is 5.97 Å². The number of sulfonamides is 1. The van der Waals surface area contributed by atoms with Crippen molar-refractivity contribution in [3.8, 4) is 5.75 Å². The van der Waals surface area contributed by atoms with Crippen LogP contribution in [0.5, 0.6) is 5.75 Å². The lowest BCUT2D eigenvalue weighted by molar-refractivity contribution is -0.146. The highest BCUT2D eigenvalue weighted by Crippen LogP contribution is 2.49. The maximum Gasteiger partial charge on any atom is 0.316 e. The number of benzene rings is 2. The average Bonchev–Trinajstić information content (AvgIpc) is 3.56. The maximum absolute atomic E-state index is 12.7. The number of anilines is 1. The summed E-state index contributed by atoms with van der Waals surface area (Å²) in [6, 6.07) is 11.2. The van der Waals surface area contributed by atoms with Crippen molar-refractivity contribution >= 4 is 27.6 Å². The number of hydrogen-bond acceptors (Lipinski definition) is 6. The summed E-state index contributed by atoms with van der Waals surface area (Å²) in [5.41, 5.74) is 0.976. The third kappa shape index (κ3) is 4.72. The molecular weight excluding hydrogens is 420 g/mol. The normalized spacial score (nSPS) is 14.5. The standard InChI is InChI=1S/C22H26N2O6S/c1-4-23-31(27,28)19-14-15(6-11-18(19)29-3)20(25)24-17-9-7-16(8-10-17)22(12-13-22)21(26)30-5-2/h6-11,14,23H,4-5,12-13H2,1-3H3,(H,24,25). The topological polar surface area (TPSA) is 111 Å². The van der Waals surface area contributed by atoms with Gasteiger partial charge in [-0.25, -0.2) is 13.1 Å². The van der Waals surface area contributed by atoms with E-state index in [1.54, 1.807) is 38.1 Å². The summed E-state index contributed by atoms with van der Waals surface area (Å²) in [6.45, 7) is 3.99. The molecule has 0 saturated heterocycles. The van der Waals surface area contributed by atoms with Crippen LogP contribution < -0.4 is 14.8 Å².